The lowest BCUT2D eigenvalue weighted by atomic mass is 9.41. The van der Waals surface area contributed by atoms with Crippen molar-refractivity contribution >= 4 is 35.8 Å². The lowest BCUT2D eigenvalue weighted by molar-refractivity contribution is -0.296. The molecule has 15 nitrogen and oxygen atoms in total. The third kappa shape index (κ3) is 8.41. The van der Waals surface area contributed by atoms with E-state index in [4.69, 9.17) is 23.7 Å². The van der Waals surface area contributed by atoms with Crippen LogP contribution in [0.3, 0.4) is 0 Å². The van der Waals surface area contributed by atoms with E-state index in [1.165, 1.54) is 45.0 Å². The summed E-state index contributed by atoms with van der Waals surface area (Å²) in [5.41, 5.74) is -7.92. The second-order valence-corrected chi connectivity index (χ2v) is 19.8. The molecule has 3 saturated carbocycles. The number of nitrogens with one attached hydrogen (secondary N) is 1. The maximum absolute atomic E-state index is 15.2. The van der Waals surface area contributed by atoms with Crippen LogP contribution in [0.15, 0.2) is 102 Å². The minimum absolute atomic E-state index is 0.0151. The molecule has 66 heavy (non-hydrogen) atoms. The summed E-state index contributed by atoms with van der Waals surface area (Å²) in [6.07, 6.45) is -9.47. The predicted molar refractivity (Wildman–Crippen MR) is 236 cm³/mol. The average molecular weight is 910 g/mol. The first-order valence-electron chi connectivity index (χ1n) is 22.3. The second-order valence-electron chi connectivity index (χ2n) is 19.8. The predicted octanol–water partition coefficient (Wildman–Crippen LogP) is 6.14. The molecule has 0 heterocycles. The minimum atomic E-state index is -2.36. The fraction of sp³-hybridized carbons (Fsp3) is 0.490. The highest BCUT2D eigenvalue weighted by molar-refractivity contribution is 5.94. The highest BCUT2D eigenvalue weighted by Gasteiger charge is 2.77. The van der Waals surface area contributed by atoms with Crippen molar-refractivity contribution in [3.8, 4) is 0 Å². The van der Waals surface area contributed by atoms with Crippen LogP contribution in [0.1, 0.15) is 113 Å². The van der Waals surface area contributed by atoms with Crippen molar-refractivity contribution in [1.29, 1.82) is 0 Å². The highest BCUT2D eigenvalue weighted by Crippen LogP contribution is 2.67. The number of hydrogen-bond acceptors (Lipinski definition) is 14. The van der Waals surface area contributed by atoms with Crippen molar-refractivity contribution < 1.29 is 67.8 Å². The van der Waals surface area contributed by atoms with Gasteiger partial charge in [0.05, 0.1) is 28.6 Å². The maximum Gasteiger partial charge on any atom is 0.408 e. The average Bonchev–Trinajstić information content (AvgIpc) is 3.26. The van der Waals surface area contributed by atoms with Gasteiger partial charge in [-0.1, -0.05) is 80.6 Å². The Hall–Kier alpha value is -5.90. The van der Waals surface area contributed by atoms with Crippen LogP contribution in [0.2, 0.25) is 0 Å². The summed E-state index contributed by atoms with van der Waals surface area (Å²) in [4.78, 5) is 85.0. The van der Waals surface area contributed by atoms with Gasteiger partial charge >= 0.3 is 30.0 Å². The van der Waals surface area contributed by atoms with Crippen LogP contribution >= 0.6 is 0 Å². The molecule has 0 aliphatic heterocycles. The van der Waals surface area contributed by atoms with Gasteiger partial charge < -0.3 is 44.3 Å². The Morgan fingerprint density at radius 3 is 1.91 bits per heavy atom. The number of alkyl carbamates (subject to hydrolysis) is 1. The quantitative estimate of drug-likeness (QED) is 0.102. The van der Waals surface area contributed by atoms with Crippen molar-refractivity contribution in [2.24, 2.45) is 22.7 Å². The molecule has 352 valence electrons. The number of rotatable bonds is 10. The van der Waals surface area contributed by atoms with Crippen LogP contribution in [-0.4, -0.2) is 98.4 Å². The zero-order valence-electron chi connectivity index (χ0n) is 38.4. The number of fused-ring (bicyclic) bond motifs is 5. The topological polar surface area (TPSA) is 221 Å². The summed E-state index contributed by atoms with van der Waals surface area (Å²) in [6, 6.07) is 22.6. The second kappa shape index (κ2) is 17.7. The van der Waals surface area contributed by atoms with Crippen molar-refractivity contribution in [3.63, 3.8) is 0 Å². The molecule has 7 rings (SSSR count). The van der Waals surface area contributed by atoms with Gasteiger partial charge in [0, 0.05) is 24.7 Å². The summed E-state index contributed by atoms with van der Waals surface area (Å²) < 4.78 is 30.5. The van der Waals surface area contributed by atoms with Crippen LogP contribution in [0, 0.1) is 22.7 Å². The molecule has 4 N–H and O–H groups in total. The van der Waals surface area contributed by atoms with Gasteiger partial charge in [-0.3, -0.25) is 9.59 Å². The first-order valence-corrected chi connectivity index (χ1v) is 22.3. The zero-order valence-corrected chi connectivity index (χ0v) is 38.4. The van der Waals surface area contributed by atoms with E-state index in [0.717, 1.165) is 0 Å². The molecule has 0 radical (unpaired) electrons. The summed E-state index contributed by atoms with van der Waals surface area (Å²) >= 11 is 0. The Labute approximate surface area is 383 Å². The number of ketones is 1. The number of esters is 4. The van der Waals surface area contributed by atoms with Gasteiger partial charge in [-0.25, -0.2) is 19.2 Å². The Morgan fingerprint density at radius 2 is 1.38 bits per heavy atom. The molecule has 0 aromatic heterocycles. The van der Waals surface area contributed by atoms with Crippen molar-refractivity contribution in [1.82, 2.24) is 5.32 Å². The standard InChI is InChI=1S/C51H59NO14/c1-28-34(62-45(59)39(63-43(57)31-20-14-10-15-21-31)37(30-18-12-9-13-19-30)52-46(60)66-47(3,4)5)27-51(61)42(64-44(58)32-22-16-11-17-23-32)40-49(8,41(56)38(55)36(28)48(51,6)7)35(54)26-33-24-25-50(33,40)65-29(2)53/h9-23,33-35,37-40,42,54-55,61H,24-27H2,1-8H3,(H,52,60)/t33-,34+,35+,37+,38-,39-,40?,42+,49-,50+,51-/m1/s1. The molecule has 0 spiro atoms. The Morgan fingerprint density at radius 1 is 0.818 bits per heavy atom. The van der Waals surface area contributed by atoms with E-state index in [1.54, 1.807) is 101 Å². The number of Topliss-reactive ketones (excluding diaryl/α,β-unsaturated/α-hetero) is 1. The number of carbonyl (C=O) groups excluding carboxylic acids is 6. The minimum Gasteiger partial charge on any atom is -0.458 e. The first kappa shape index (κ1) is 48.0. The number of ether oxygens (including phenoxy) is 5. The highest BCUT2D eigenvalue weighted by atomic mass is 16.6. The van der Waals surface area contributed by atoms with Gasteiger partial charge in [0.2, 0.25) is 6.10 Å². The van der Waals surface area contributed by atoms with Crippen molar-refractivity contribution in [2.45, 2.75) is 134 Å². The number of aliphatic hydroxyl groups excluding tert-OH is 2. The van der Waals surface area contributed by atoms with Crippen molar-refractivity contribution in [3.05, 3.63) is 119 Å². The Balaban J connectivity index is 1.39. The molecule has 1 amide bonds. The van der Waals surface area contributed by atoms with Crippen LogP contribution in [0.5, 0.6) is 0 Å². The van der Waals surface area contributed by atoms with E-state index >= 15 is 9.59 Å². The fourth-order valence-corrected chi connectivity index (χ4v) is 11.0. The Bertz CT molecular complexity index is 2400. The number of aliphatic hydroxyl groups is 3. The normalized spacial score (nSPS) is 30.9. The van der Waals surface area contributed by atoms with E-state index in [1.807, 2.05) is 0 Å². The van der Waals surface area contributed by atoms with Gasteiger partial charge in [0.1, 0.15) is 41.2 Å². The third-order valence-corrected chi connectivity index (χ3v) is 14.4. The monoisotopic (exact) mass is 909 g/mol. The zero-order chi connectivity index (χ0) is 48.1. The molecule has 3 aromatic carbocycles. The van der Waals surface area contributed by atoms with E-state index in [9.17, 15) is 34.5 Å². The lowest BCUT2D eigenvalue weighted by Crippen LogP contribution is -2.78. The number of amides is 1. The fourth-order valence-electron chi connectivity index (χ4n) is 11.0. The first-order chi connectivity index (χ1) is 31.0. The molecule has 3 aromatic rings. The summed E-state index contributed by atoms with van der Waals surface area (Å²) in [5.74, 6) is -6.58. The molecule has 0 saturated heterocycles. The SMILES string of the molecule is CC(=O)O[C@@]12CC[C@@H]1C[C@H](O)[C@@]1(C)C(=O)[C@H](O)C3=C(C)[C@@H](OC(=O)[C@H](OC(=O)c4ccccc4)[C@@H](NC(=O)OC(C)(C)C)c4ccccc4)C[C@@](O)([C@@H](OC(=O)c4ccccc4)C12)C3(C)C. The smallest absolute Gasteiger partial charge is 0.408 e. The molecule has 4 aliphatic carbocycles. The summed E-state index contributed by atoms with van der Waals surface area (Å²) in [6.45, 7) is 12.3. The van der Waals surface area contributed by atoms with Crippen LogP contribution in [0.25, 0.3) is 0 Å². The van der Waals surface area contributed by atoms with Gasteiger partial charge in [0.15, 0.2) is 5.78 Å². The van der Waals surface area contributed by atoms with E-state index < -0.39 is 118 Å². The van der Waals surface area contributed by atoms with E-state index in [0.29, 0.717) is 12.0 Å². The molecule has 2 bridgehead atoms. The summed E-state index contributed by atoms with van der Waals surface area (Å²) in [5, 5.41) is 40.9. The number of carbonyl (C=O) groups is 6. The largest absolute Gasteiger partial charge is 0.458 e. The van der Waals surface area contributed by atoms with Crippen LogP contribution in [-0.2, 0) is 38.1 Å². The lowest BCUT2D eigenvalue weighted by Gasteiger charge is -2.68. The number of benzene rings is 3. The molecular weight excluding hydrogens is 851 g/mol. The van der Waals surface area contributed by atoms with E-state index in [2.05, 4.69) is 5.32 Å². The van der Waals surface area contributed by atoms with Gasteiger partial charge in [0.25, 0.3) is 0 Å². The van der Waals surface area contributed by atoms with Gasteiger partial charge in [-0.05, 0) is 94.9 Å². The third-order valence-electron chi connectivity index (χ3n) is 14.4. The number of hydrogen-bond donors (Lipinski definition) is 4. The molecule has 11 atom stereocenters. The maximum atomic E-state index is 15.2. The van der Waals surface area contributed by atoms with Gasteiger partial charge in [-0.2, -0.15) is 0 Å². The molecule has 4 aliphatic rings. The Kier molecular flexibility index (Phi) is 12.9. The molecule has 15 heteroatoms. The van der Waals surface area contributed by atoms with E-state index in [-0.39, 0.29) is 35.1 Å². The summed E-state index contributed by atoms with van der Waals surface area (Å²) in [7, 11) is 0. The van der Waals surface area contributed by atoms with Gasteiger partial charge in [-0.15, -0.1) is 0 Å². The van der Waals surface area contributed by atoms with Crippen LogP contribution in [0.4, 0.5) is 4.79 Å². The molecular formula is C51H59NO14. The van der Waals surface area contributed by atoms with Crippen LogP contribution < -0.4 is 5.32 Å². The van der Waals surface area contributed by atoms with Crippen molar-refractivity contribution in [2.75, 3.05) is 0 Å². The molecule has 3 fully saturated rings. The molecule has 1 unspecified atom stereocenters.